The maximum absolute atomic E-state index is 15.2. The number of aryl methyl sites for hydroxylation is 1. The Labute approximate surface area is 267 Å². The molecule has 8 heteroatoms. The lowest BCUT2D eigenvalue weighted by atomic mass is 9.49. The van der Waals surface area contributed by atoms with Gasteiger partial charge in [0.1, 0.15) is 5.75 Å². The molecule has 7 nitrogen and oxygen atoms in total. The third kappa shape index (κ3) is 4.02. The molecule has 2 aliphatic carbocycles. The zero-order valence-electron chi connectivity index (χ0n) is 25.7. The van der Waals surface area contributed by atoms with Crippen molar-refractivity contribution < 1.29 is 24.3 Å². The molecule has 4 amide bonds. The van der Waals surface area contributed by atoms with Crippen molar-refractivity contribution in [3.05, 3.63) is 106 Å². The fourth-order valence-electron chi connectivity index (χ4n) is 8.66. The van der Waals surface area contributed by atoms with Gasteiger partial charge >= 0.3 is 0 Å². The maximum Gasteiger partial charge on any atom is 0.246 e. The number of fused-ring (bicyclic) bond motifs is 4. The predicted molar refractivity (Wildman–Crippen MR) is 171 cm³/mol. The third-order valence-corrected chi connectivity index (χ3v) is 10.7. The Balaban J connectivity index is 1.51. The molecular weight excluding hydrogens is 588 g/mol. The van der Waals surface area contributed by atoms with Crippen LogP contribution >= 0.6 is 11.6 Å². The highest BCUT2D eigenvalue weighted by atomic mass is 35.5. The summed E-state index contributed by atoms with van der Waals surface area (Å²) in [7, 11) is 0. The molecule has 3 fully saturated rings. The molecule has 0 bridgehead atoms. The summed E-state index contributed by atoms with van der Waals surface area (Å²) < 4.78 is 0. The lowest BCUT2D eigenvalue weighted by Gasteiger charge is -2.51. The summed E-state index contributed by atoms with van der Waals surface area (Å²) in [4.78, 5) is 60.4. The van der Waals surface area contributed by atoms with Gasteiger partial charge in [-0.15, -0.1) is 0 Å². The third-order valence-electron chi connectivity index (χ3n) is 10.4. The first-order valence-corrected chi connectivity index (χ1v) is 15.8. The van der Waals surface area contributed by atoms with Gasteiger partial charge in [-0.25, -0.2) is 4.90 Å². The molecule has 3 aromatic rings. The number of aromatic hydroxyl groups is 1. The number of likely N-dealkylation sites (tertiary alicyclic amines) is 1. The van der Waals surface area contributed by atoms with E-state index >= 15 is 4.79 Å². The number of hydrogen-bond donors (Lipinski definition) is 1. The smallest absolute Gasteiger partial charge is 0.246 e. The van der Waals surface area contributed by atoms with E-state index in [9.17, 15) is 19.5 Å². The van der Waals surface area contributed by atoms with Crippen LogP contribution in [0.2, 0.25) is 5.02 Å². The number of imide groups is 2. The Morgan fingerprint density at radius 2 is 1.58 bits per heavy atom. The zero-order valence-corrected chi connectivity index (χ0v) is 26.4. The van der Waals surface area contributed by atoms with E-state index in [1.54, 1.807) is 37.3 Å². The van der Waals surface area contributed by atoms with Gasteiger partial charge in [0, 0.05) is 22.0 Å². The number of halogens is 1. The lowest BCUT2D eigenvalue weighted by Crippen LogP contribution is -2.53. The Morgan fingerprint density at radius 1 is 0.867 bits per heavy atom. The molecule has 1 saturated carbocycles. The number of carbonyl (C=O) groups excluding carboxylic acids is 4. The quantitative estimate of drug-likeness (QED) is 0.273. The number of rotatable bonds is 3. The number of carbonyl (C=O) groups is 4. The molecule has 6 atom stereocenters. The number of phenols is 1. The first-order valence-electron chi connectivity index (χ1n) is 15.4. The van der Waals surface area contributed by atoms with Gasteiger partial charge in [-0.1, -0.05) is 77.8 Å². The molecule has 2 saturated heterocycles. The van der Waals surface area contributed by atoms with Gasteiger partial charge in [0.05, 0.1) is 28.9 Å². The topological polar surface area (TPSA) is 95.0 Å². The highest BCUT2D eigenvalue weighted by Gasteiger charge is 2.70. The SMILES string of the molecule is Cc1cccc([C@H]2C3=CC[C@@H]4C(=O)N(C(C)(C)C)C(=O)[C@@H]4[C@@H]3C[C@H]3C(=O)N(c4cccc(Cl)c4)C(=O)[C@@]23c2ccccc2)c1O. The summed E-state index contributed by atoms with van der Waals surface area (Å²) in [5.41, 5.74) is 0.894. The average molecular weight is 623 g/mol. The van der Waals surface area contributed by atoms with E-state index in [4.69, 9.17) is 11.6 Å². The van der Waals surface area contributed by atoms with Gasteiger partial charge in [0.25, 0.3) is 0 Å². The van der Waals surface area contributed by atoms with Crippen molar-refractivity contribution >= 4 is 40.9 Å². The number of hydrogen-bond acceptors (Lipinski definition) is 5. The van der Waals surface area contributed by atoms with Crippen LogP contribution in [-0.4, -0.2) is 39.2 Å². The van der Waals surface area contributed by atoms with E-state index in [1.165, 1.54) is 9.80 Å². The van der Waals surface area contributed by atoms with Crippen LogP contribution in [0, 0.1) is 30.6 Å². The lowest BCUT2D eigenvalue weighted by molar-refractivity contribution is -0.145. The normalized spacial score (nSPS) is 29.4. The van der Waals surface area contributed by atoms with E-state index in [0.29, 0.717) is 33.8 Å². The van der Waals surface area contributed by atoms with Gasteiger partial charge in [-0.2, -0.15) is 0 Å². The number of benzene rings is 3. The number of nitrogens with zero attached hydrogens (tertiary/aromatic N) is 2. The van der Waals surface area contributed by atoms with Crippen LogP contribution in [0.1, 0.15) is 56.2 Å². The Bertz CT molecular complexity index is 1810. The van der Waals surface area contributed by atoms with Crippen LogP contribution < -0.4 is 4.90 Å². The minimum atomic E-state index is -1.42. The van der Waals surface area contributed by atoms with Gasteiger partial charge in [0.15, 0.2) is 0 Å². The molecule has 1 N–H and O–H groups in total. The molecule has 4 aliphatic rings. The van der Waals surface area contributed by atoms with E-state index in [2.05, 4.69) is 0 Å². The molecule has 0 unspecified atom stereocenters. The van der Waals surface area contributed by atoms with Gasteiger partial charge in [0.2, 0.25) is 23.6 Å². The fourth-order valence-corrected chi connectivity index (χ4v) is 8.85. The van der Waals surface area contributed by atoms with Crippen molar-refractivity contribution in [3.63, 3.8) is 0 Å². The second-order valence-corrected chi connectivity index (χ2v) is 14.2. The van der Waals surface area contributed by atoms with Crippen LogP contribution in [0.3, 0.4) is 0 Å². The molecule has 2 aliphatic heterocycles. The van der Waals surface area contributed by atoms with Crippen molar-refractivity contribution in [2.24, 2.45) is 23.7 Å². The van der Waals surface area contributed by atoms with E-state index in [1.807, 2.05) is 69.3 Å². The number of amides is 4. The second kappa shape index (κ2) is 10.1. The monoisotopic (exact) mass is 622 g/mol. The summed E-state index contributed by atoms with van der Waals surface area (Å²) in [6, 6.07) is 21.5. The van der Waals surface area contributed by atoms with Gasteiger partial charge in [-0.05, 0) is 75.8 Å². The van der Waals surface area contributed by atoms with Crippen LogP contribution in [0.5, 0.6) is 5.75 Å². The van der Waals surface area contributed by atoms with Crippen LogP contribution in [0.15, 0.2) is 84.4 Å². The standard InChI is InChI=1S/C37H35ClN2O5/c1-20-10-8-15-26(31(20)41)30-24-16-17-25-29(34(44)40(32(25)42)36(2,3)4)27(24)19-28-33(43)39(23-14-9-13-22(38)18-23)35(45)37(28,30)21-11-6-5-7-12-21/h5-16,18,25,27-30,41H,17,19H2,1-4H3/t25-,27+,28-,29-,30+,37+/m0/s1. The van der Waals surface area contributed by atoms with E-state index in [0.717, 1.165) is 5.57 Å². The molecule has 7 rings (SSSR count). The van der Waals surface area contributed by atoms with Crippen molar-refractivity contribution in [1.29, 1.82) is 0 Å². The number of phenolic OH excluding ortho intramolecular Hbond substituents is 1. The highest BCUT2D eigenvalue weighted by Crippen LogP contribution is 2.65. The minimum absolute atomic E-state index is 0.0480. The van der Waals surface area contributed by atoms with Crippen molar-refractivity contribution in [2.75, 3.05) is 4.90 Å². The maximum atomic E-state index is 15.2. The number of para-hydroxylation sites is 1. The molecule has 3 aromatic carbocycles. The first-order chi connectivity index (χ1) is 21.4. The van der Waals surface area contributed by atoms with Gasteiger partial charge in [-0.3, -0.25) is 24.1 Å². The van der Waals surface area contributed by atoms with Crippen LogP contribution in [0.25, 0.3) is 0 Å². The molecule has 0 spiro atoms. The Morgan fingerprint density at radius 3 is 2.27 bits per heavy atom. The van der Waals surface area contributed by atoms with E-state index in [-0.39, 0.29) is 29.9 Å². The Kier molecular flexibility index (Phi) is 6.64. The summed E-state index contributed by atoms with van der Waals surface area (Å²) in [6.07, 6.45) is 2.56. The fraction of sp³-hybridized carbons (Fsp3) is 0.351. The molecule has 2 heterocycles. The van der Waals surface area contributed by atoms with Crippen molar-refractivity contribution in [2.45, 2.75) is 57.4 Å². The largest absolute Gasteiger partial charge is 0.507 e. The molecule has 45 heavy (non-hydrogen) atoms. The Hall–Kier alpha value is -4.23. The predicted octanol–water partition coefficient (Wildman–Crippen LogP) is 6.31. The summed E-state index contributed by atoms with van der Waals surface area (Å²) in [5.74, 6) is -4.49. The van der Waals surface area contributed by atoms with E-state index < -0.39 is 46.5 Å². The van der Waals surface area contributed by atoms with Crippen LogP contribution in [0.4, 0.5) is 5.69 Å². The molecule has 0 radical (unpaired) electrons. The van der Waals surface area contributed by atoms with Crippen molar-refractivity contribution in [1.82, 2.24) is 4.90 Å². The second-order valence-electron chi connectivity index (χ2n) is 13.8. The van der Waals surface area contributed by atoms with Crippen molar-refractivity contribution in [3.8, 4) is 5.75 Å². The molecule has 0 aromatic heterocycles. The minimum Gasteiger partial charge on any atom is -0.507 e. The number of anilines is 1. The average Bonchev–Trinajstić information content (AvgIpc) is 3.40. The molecule has 230 valence electrons. The first kappa shape index (κ1) is 29.5. The summed E-state index contributed by atoms with van der Waals surface area (Å²) in [6.45, 7) is 7.36. The zero-order chi connectivity index (χ0) is 32.0. The highest BCUT2D eigenvalue weighted by molar-refractivity contribution is 6.32. The molecular formula is C37H35ClN2O5. The number of allylic oxidation sites excluding steroid dienone is 2. The van der Waals surface area contributed by atoms with Gasteiger partial charge < -0.3 is 5.11 Å². The summed E-state index contributed by atoms with van der Waals surface area (Å²) >= 11 is 6.36. The van der Waals surface area contributed by atoms with Crippen LogP contribution in [-0.2, 0) is 24.6 Å². The summed E-state index contributed by atoms with van der Waals surface area (Å²) in [5, 5.41) is 12.0.